The minimum atomic E-state index is -4.49. The van der Waals surface area contributed by atoms with Crippen LogP contribution in [0.4, 0.5) is 13.2 Å². The quantitative estimate of drug-likeness (QED) is 0.273. The zero-order chi connectivity index (χ0) is 24.6. The molecule has 0 aliphatic heterocycles. The number of rotatable bonds is 5. The molecule has 0 radical (unpaired) electrons. The van der Waals surface area contributed by atoms with Crippen LogP contribution in [0.5, 0.6) is 0 Å². The molecule has 0 spiro atoms. The molecule has 0 amide bonds. The Morgan fingerprint density at radius 2 is 1.69 bits per heavy atom. The van der Waals surface area contributed by atoms with Crippen LogP contribution in [-0.4, -0.2) is 4.98 Å². The number of fused-ring (bicyclic) bond motifs is 1. The maximum atomic E-state index is 13.8. The zero-order valence-corrected chi connectivity index (χ0v) is 19.8. The van der Waals surface area contributed by atoms with Gasteiger partial charge in [0.25, 0.3) is 0 Å². The summed E-state index contributed by atoms with van der Waals surface area (Å²) in [6.07, 6.45) is -2.36. The van der Waals surface area contributed by atoms with Gasteiger partial charge >= 0.3 is 6.18 Å². The summed E-state index contributed by atoms with van der Waals surface area (Å²) in [4.78, 5) is 6.52. The molecular weight excluding hydrogens is 465 g/mol. The molecule has 5 aromatic rings. The van der Waals surface area contributed by atoms with Crippen molar-refractivity contribution in [1.29, 1.82) is 0 Å². The number of nitrogens with two attached hydrogens (primary N) is 1. The van der Waals surface area contributed by atoms with E-state index in [0.717, 1.165) is 38.8 Å². The van der Waals surface area contributed by atoms with Crippen LogP contribution < -0.4 is 5.73 Å². The minimum Gasteiger partial charge on any atom is -0.320 e. The lowest BCUT2D eigenvalue weighted by molar-refractivity contribution is -0.136. The average molecular weight is 489 g/mol. The van der Waals surface area contributed by atoms with Gasteiger partial charge in [0.15, 0.2) is 0 Å². The van der Waals surface area contributed by atoms with Crippen LogP contribution in [0.1, 0.15) is 38.0 Å². The number of para-hydroxylation sites is 1. The summed E-state index contributed by atoms with van der Waals surface area (Å²) in [5.41, 5.74) is 10.2. The first kappa shape index (κ1) is 23.3. The standard InChI is InChI=1S/C29H23F3N2S/c1-18-13-14-25(35-18)27(33)21-10-5-9-20(16-21)26-22(15-19-7-3-2-4-8-19)17-34-28-23(26)11-6-12-24(28)29(30,31)32/h2-14,16-17,27H,15,33H2,1H3. The molecule has 2 heterocycles. The van der Waals surface area contributed by atoms with Crippen molar-refractivity contribution in [2.24, 2.45) is 5.73 Å². The highest BCUT2D eigenvalue weighted by Gasteiger charge is 2.33. The molecule has 6 heteroatoms. The number of nitrogens with zero attached hydrogens (tertiary/aromatic N) is 1. The lowest BCUT2D eigenvalue weighted by atomic mass is 9.90. The van der Waals surface area contributed by atoms with Crippen molar-refractivity contribution >= 4 is 22.2 Å². The largest absolute Gasteiger partial charge is 0.418 e. The molecule has 2 N–H and O–H groups in total. The van der Waals surface area contributed by atoms with Crippen molar-refractivity contribution in [3.8, 4) is 11.1 Å². The van der Waals surface area contributed by atoms with Gasteiger partial charge in [0, 0.05) is 21.3 Å². The lowest BCUT2D eigenvalue weighted by Gasteiger charge is -2.18. The van der Waals surface area contributed by atoms with Crippen molar-refractivity contribution in [3.63, 3.8) is 0 Å². The molecule has 2 nitrogen and oxygen atoms in total. The minimum absolute atomic E-state index is 0.0459. The summed E-state index contributed by atoms with van der Waals surface area (Å²) >= 11 is 1.64. The molecule has 5 rings (SSSR count). The Morgan fingerprint density at radius 3 is 2.40 bits per heavy atom. The van der Waals surface area contributed by atoms with E-state index in [2.05, 4.69) is 4.98 Å². The fraction of sp³-hybridized carbons (Fsp3) is 0.138. The zero-order valence-electron chi connectivity index (χ0n) is 19.0. The number of aromatic nitrogens is 1. The molecular formula is C29H23F3N2S. The van der Waals surface area contributed by atoms with Crippen molar-refractivity contribution < 1.29 is 13.2 Å². The number of benzene rings is 3. The highest BCUT2D eigenvalue weighted by Crippen LogP contribution is 2.39. The molecule has 0 aliphatic rings. The lowest BCUT2D eigenvalue weighted by Crippen LogP contribution is -2.10. The molecule has 1 unspecified atom stereocenters. The molecule has 0 fully saturated rings. The number of pyridine rings is 1. The highest BCUT2D eigenvalue weighted by atomic mass is 32.1. The molecule has 35 heavy (non-hydrogen) atoms. The van der Waals surface area contributed by atoms with Gasteiger partial charge in [0.05, 0.1) is 17.1 Å². The molecule has 0 saturated heterocycles. The molecule has 0 saturated carbocycles. The second-order valence-electron chi connectivity index (χ2n) is 8.57. The molecule has 1 atom stereocenters. The highest BCUT2D eigenvalue weighted by molar-refractivity contribution is 7.12. The maximum absolute atomic E-state index is 13.8. The predicted octanol–water partition coefficient (Wildman–Crippen LogP) is 7.93. The summed E-state index contributed by atoms with van der Waals surface area (Å²) in [6.45, 7) is 2.04. The van der Waals surface area contributed by atoms with E-state index in [-0.39, 0.29) is 11.6 Å². The second-order valence-corrected chi connectivity index (χ2v) is 9.89. The van der Waals surface area contributed by atoms with E-state index in [4.69, 9.17) is 5.73 Å². The summed E-state index contributed by atoms with van der Waals surface area (Å²) in [5.74, 6) is 0. The molecule has 0 aliphatic carbocycles. The Balaban J connectivity index is 1.71. The Bertz CT molecular complexity index is 1490. The van der Waals surface area contributed by atoms with Gasteiger partial charge in [-0.2, -0.15) is 13.2 Å². The molecule has 176 valence electrons. The number of thiophene rings is 1. The third-order valence-electron chi connectivity index (χ3n) is 6.12. The van der Waals surface area contributed by atoms with E-state index in [9.17, 15) is 13.2 Å². The van der Waals surface area contributed by atoms with Gasteiger partial charge in [-0.15, -0.1) is 11.3 Å². The predicted molar refractivity (Wildman–Crippen MR) is 137 cm³/mol. The normalized spacial score (nSPS) is 12.7. The maximum Gasteiger partial charge on any atom is 0.418 e. The Kier molecular flexibility index (Phi) is 6.17. The van der Waals surface area contributed by atoms with E-state index in [1.165, 1.54) is 10.9 Å². The average Bonchev–Trinajstić information content (AvgIpc) is 3.29. The van der Waals surface area contributed by atoms with Crippen LogP contribution in [0, 0.1) is 6.92 Å². The van der Waals surface area contributed by atoms with Crippen molar-refractivity contribution in [1.82, 2.24) is 4.98 Å². The van der Waals surface area contributed by atoms with Gasteiger partial charge in [-0.25, -0.2) is 0 Å². The topological polar surface area (TPSA) is 38.9 Å². The first-order valence-electron chi connectivity index (χ1n) is 11.3. The first-order valence-corrected chi connectivity index (χ1v) is 12.1. The van der Waals surface area contributed by atoms with Gasteiger partial charge in [-0.1, -0.05) is 60.7 Å². The van der Waals surface area contributed by atoms with Crippen LogP contribution in [0.2, 0.25) is 0 Å². The van der Waals surface area contributed by atoms with E-state index in [0.29, 0.717) is 11.8 Å². The number of alkyl halides is 3. The Hall–Kier alpha value is -3.48. The number of aryl methyl sites for hydroxylation is 1. The molecule has 3 aromatic carbocycles. The summed E-state index contributed by atoms with van der Waals surface area (Å²) in [7, 11) is 0. The van der Waals surface area contributed by atoms with Crippen LogP contribution in [0.3, 0.4) is 0 Å². The molecule has 0 bridgehead atoms. The SMILES string of the molecule is Cc1ccc(C(N)c2cccc(-c3c(Cc4ccccc4)cnc4c(C(F)(F)F)cccc34)c2)s1. The summed E-state index contributed by atoms with van der Waals surface area (Å²) < 4.78 is 41.4. The van der Waals surface area contributed by atoms with Gasteiger partial charge in [-0.05, 0) is 65.4 Å². The van der Waals surface area contributed by atoms with Gasteiger partial charge in [-0.3, -0.25) is 4.98 Å². The first-order chi connectivity index (χ1) is 16.8. The number of hydrogen-bond donors (Lipinski definition) is 1. The number of halogens is 3. The monoisotopic (exact) mass is 488 g/mol. The van der Waals surface area contributed by atoms with E-state index in [1.54, 1.807) is 23.6 Å². The third kappa shape index (κ3) is 4.72. The Morgan fingerprint density at radius 1 is 0.914 bits per heavy atom. The second kappa shape index (κ2) is 9.29. The fourth-order valence-electron chi connectivity index (χ4n) is 4.46. The van der Waals surface area contributed by atoms with Gasteiger partial charge in [0.1, 0.15) is 0 Å². The van der Waals surface area contributed by atoms with Gasteiger partial charge in [0.2, 0.25) is 0 Å². The summed E-state index contributed by atoms with van der Waals surface area (Å²) in [6, 6.07) is 25.7. The smallest absolute Gasteiger partial charge is 0.320 e. The summed E-state index contributed by atoms with van der Waals surface area (Å²) in [5, 5.41) is 0.478. The van der Waals surface area contributed by atoms with Crippen LogP contribution in [-0.2, 0) is 12.6 Å². The Labute approximate surface area is 205 Å². The van der Waals surface area contributed by atoms with Crippen molar-refractivity contribution in [3.05, 3.63) is 123 Å². The number of hydrogen-bond acceptors (Lipinski definition) is 3. The van der Waals surface area contributed by atoms with Crippen LogP contribution >= 0.6 is 11.3 Å². The van der Waals surface area contributed by atoms with E-state index in [1.807, 2.05) is 73.7 Å². The molecule has 2 aromatic heterocycles. The third-order valence-corrected chi connectivity index (χ3v) is 7.20. The van der Waals surface area contributed by atoms with Crippen molar-refractivity contribution in [2.75, 3.05) is 0 Å². The van der Waals surface area contributed by atoms with Crippen LogP contribution in [0.25, 0.3) is 22.0 Å². The fourth-order valence-corrected chi connectivity index (χ4v) is 5.36. The van der Waals surface area contributed by atoms with E-state index < -0.39 is 11.7 Å². The van der Waals surface area contributed by atoms with Crippen molar-refractivity contribution in [2.45, 2.75) is 25.6 Å². The van der Waals surface area contributed by atoms with E-state index >= 15 is 0 Å². The van der Waals surface area contributed by atoms with Gasteiger partial charge < -0.3 is 5.73 Å². The van der Waals surface area contributed by atoms with Crippen LogP contribution in [0.15, 0.2) is 91.1 Å².